The minimum absolute atomic E-state index is 0.243. The summed E-state index contributed by atoms with van der Waals surface area (Å²) in [5, 5.41) is 0. The molecule has 2 nitrogen and oxygen atoms in total. The second kappa shape index (κ2) is 3.62. The number of benzene rings is 1. The minimum Gasteiger partial charge on any atom is -0.300 e. The summed E-state index contributed by atoms with van der Waals surface area (Å²) in [4.78, 5) is 13.0. The maximum Gasteiger partial charge on any atom is 0.151 e. The van der Waals surface area contributed by atoms with Gasteiger partial charge in [0.05, 0.1) is 0 Å². The van der Waals surface area contributed by atoms with Gasteiger partial charge >= 0.3 is 0 Å². The first kappa shape index (κ1) is 10.1. The van der Waals surface area contributed by atoms with Crippen LogP contribution in [0.2, 0.25) is 0 Å². The molecule has 1 aliphatic rings. The largest absolute Gasteiger partial charge is 0.300 e. The lowest BCUT2D eigenvalue weighted by molar-refractivity contribution is -0.108. The van der Waals surface area contributed by atoms with E-state index in [1.807, 2.05) is 18.2 Å². The molecule has 0 aliphatic carbocycles. The van der Waals surface area contributed by atoms with Gasteiger partial charge in [-0.15, -0.1) is 0 Å². The van der Waals surface area contributed by atoms with Gasteiger partial charge in [-0.25, -0.2) is 0 Å². The van der Waals surface area contributed by atoms with E-state index in [0.29, 0.717) is 6.04 Å². The van der Waals surface area contributed by atoms with Gasteiger partial charge in [0.25, 0.3) is 0 Å². The topological polar surface area (TPSA) is 20.1 Å². The molecule has 1 heterocycles. The van der Waals surface area contributed by atoms with Crippen LogP contribution in [0.4, 0.5) is 0 Å². The fourth-order valence-corrected chi connectivity index (χ4v) is 2.46. The zero-order chi connectivity index (χ0) is 10.2. The molecule has 1 unspecified atom stereocenters. The van der Waals surface area contributed by atoms with E-state index < -0.39 is 0 Å². The maximum absolute atomic E-state index is 10.8. The molecule has 1 fully saturated rings. The third-order valence-electron chi connectivity index (χ3n) is 2.70. The lowest BCUT2D eigenvalue weighted by atomic mass is 10.1. The van der Waals surface area contributed by atoms with E-state index in [9.17, 15) is 4.79 Å². The molecule has 1 saturated heterocycles. The number of hydrogen-bond donors (Lipinski definition) is 0. The van der Waals surface area contributed by atoms with E-state index in [1.165, 1.54) is 5.56 Å². The Morgan fingerprint density at radius 2 is 2.14 bits per heavy atom. The molecule has 74 valence electrons. The summed E-state index contributed by atoms with van der Waals surface area (Å²) in [6, 6.07) is 10.6. The Morgan fingerprint density at radius 3 is 2.64 bits per heavy atom. The van der Waals surface area contributed by atoms with Crippen LogP contribution in [0.5, 0.6) is 0 Å². The van der Waals surface area contributed by atoms with Crippen LogP contribution in [0.25, 0.3) is 0 Å². The standard InChI is InChI=1S/C11H12INO/c1-9(10-5-3-2-4-6-10)13-7-11(13,12)8-14/h2-6,8-9H,7H2,1H3/t9-,11?,13+/m0/s1. The zero-order valence-electron chi connectivity index (χ0n) is 7.98. The SMILES string of the molecule is C[C@@H](c1ccccc1)[N@@]1CC1(I)C=O. The Balaban J connectivity index is 2.12. The number of carbonyl (C=O) groups excluding carboxylic acids is 1. The van der Waals surface area contributed by atoms with Crippen molar-refractivity contribution in [2.75, 3.05) is 6.54 Å². The molecular formula is C11H12INO. The molecular weight excluding hydrogens is 289 g/mol. The van der Waals surface area contributed by atoms with Crippen LogP contribution >= 0.6 is 22.6 Å². The molecule has 0 radical (unpaired) electrons. The van der Waals surface area contributed by atoms with Gasteiger partial charge in [-0.2, -0.15) is 0 Å². The van der Waals surface area contributed by atoms with E-state index >= 15 is 0 Å². The molecule has 1 aliphatic heterocycles. The molecule has 0 bridgehead atoms. The summed E-state index contributed by atoms with van der Waals surface area (Å²) in [5.74, 6) is 0. The lowest BCUT2D eigenvalue weighted by Crippen LogP contribution is -2.15. The molecule has 2 rings (SSSR count). The third kappa shape index (κ3) is 1.70. The van der Waals surface area contributed by atoms with E-state index in [4.69, 9.17) is 0 Å². The van der Waals surface area contributed by atoms with Crippen molar-refractivity contribution in [1.29, 1.82) is 0 Å². The Hall–Kier alpha value is -0.420. The Kier molecular flexibility index (Phi) is 2.62. The highest BCUT2D eigenvalue weighted by Gasteiger charge is 2.52. The molecule has 1 aromatic rings. The van der Waals surface area contributed by atoms with Crippen LogP contribution < -0.4 is 0 Å². The number of rotatable bonds is 3. The van der Waals surface area contributed by atoms with Crippen LogP contribution in [0.3, 0.4) is 0 Å². The minimum atomic E-state index is -0.243. The van der Waals surface area contributed by atoms with Crippen LogP contribution in [0.15, 0.2) is 30.3 Å². The lowest BCUT2D eigenvalue weighted by Gasteiger charge is -2.14. The van der Waals surface area contributed by atoms with Gasteiger partial charge in [-0.1, -0.05) is 52.9 Å². The van der Waals surface area contributed by atoms with E-state index in [-0.39, 0.29) is 3.55 Å². The van der Waals surface area contributed by atoms with Crippen LogP contribution in [0, 0.1) is 0 Å². The second-order valence-electron chi connectivity index (χ2n) is 3.65. The summed E-state index contributed by atoms with van der Waals surface area (Å²) in [6.07, 6.45) is 1.03. The van der Waals surface area contributed by atoms with Gasteiger partial charge in [0, 0.05) is 12.6 Å². The highest BCUT2D eigenvalue weighted by molar-refractivity contribution is 14.1. The quantitative estimate of drug-likeness (QED) is 0.281. The van der Waals surface area contributed by atoms with Crippen molar-refractivity contribution in [2.24, 2.45) is 0 Å². The monoisotopic (exact) mass is 301 g/mol. The fourth-order valence-electron chi connectivity index (χ4n) is 1.68. The average Bonchev–Trinajstić information content (AvgIpc) is 2.92. The highest BCUT2D eigenvalue weighted by Crippen LogP contribution is 2.44. The molecule has 1 aromatic carbocycles. The number of carbonyl (C=O) groups is 1. The van der Waals surface area contributed by atoms with Crippen molar-refractivity contribution >= 4 is 28.9 Å². The van der Waals surface area contributed by atoms with Crippen molar-refractivity contribution in [3.05, 3.63) is 35.9 Å². The van der Waals surface area contributed by atoms with Crippen LogP contribution in [0.1, 0.15) is 18.5 Å². The van der Waals surface area contributed by atoms with Gasteiger partial charge in [-0.05, 0) is 12.5 Å². The summed E-state index contributed by atoms with van der Waals surface area (Å²) in [5.41, 5.74) is 1.27. The summed E-state index contributed by atoms with van der Waals surface area (Å²) < 4.78 is -0.243. The molecule has 3 heteroatoms. The van der Waals surface area contributed by atoms with E-state index in [2.05, 4.69) is 46.5 Å². The molecule has 0 N–H and O–H groups in total. The predicted octanol–water partition coefficient (Wildman–Crippen LogP) is 2.39. The smallest absolute Gasteiger partial charge is 0.151 e. The fraction of sp³-hybridized carbons (Fsp3) is 0.364. The number of alkyl halides is 1. The van der Waals surface area contributed by atoms with Gasteiger partial charge in [0.2, 0.25) is 0 Å². The van der Waals surface area contributed by atoms with Gasteiger partial charge < -0.3 is 4.79 Å². The van der Waals surface area contributed by atoms with E-state index in [0.717, 1.165) is 12.8 Å². The third-order valence-corrected chi connectivity index (χ3v) is 3.91. The van der Waals surface area contributed by atoms with Gasteiger partial charge in [-0.3, -0.25) is 4.90 Å². The van der Waals surface area contributed by atoms with E-state index in [1.54, 1.807) is 0 Å². The number of halogens is 1. The normalized spacial score (nSPS) is 32.3. The van der Waals surface area contributed by atoms with Crippen LogP contribution in [-0.2, 0) is 4.79 Å². The predicted molar refractivity (Wildman–Crippen MR) is 64.4 cm³/mol. The number of hydrogen-bond acceptors (Lipinski definition) is 2. The van der Waals surface area contributed by atoms with Crippen LogP contribution in [-0.4, -0.2) is 21.3 Å². The molecule has 0 saturated carbocycles. The Labute approximate surface area is 97.4 Å². The van der Waals surface area contributed by atoms with Crippen molar-refractivity contribution in [3.63, 3.8) is 0 Å². The highest BCUT2D eigenvalue weighted by atomic mass is 127. The molecule has 14 heavy (non-hydrogen) atoms. The summed E-state index contributed by atoms with van der Waals surface area (Å²) in [7, 11) is 0. The number of nitrogens with zero attached hydrogens (tertiary/aromatic N) is 1. The zero-order valence-corrected chi connectivity index (χ0v) is 10.1. The van der Waals surface area contributed by atoms with Crippen molar-refractivity contribution in [2.45, 2.75) is 16.5 Å². The molecule has 0 amide bonds. The first-order chi connectivity index (χ1) is 6.67. The number of aldehydes is 1. The molecule has 3 atom stereocenters. The van der Waals surface area contributed by atoms with Crippen molar-refractivity contribution in [1.82, 2.24) is 4.90 Å². The Morgan fingerprint density at radius 1 is 1.50 bits per heavy atom. The van der Waals surface area contributed by atoms with Crippen molar-refractivity contribution in [3.8, 4) is 0 Å². The molecule has 0 spiro atoms. The first-order valence-electron chi connectivity index (χ1n) is 4.64. The second-order valence-corrected chi connectivity index (χ2v) is 5.52. The summed E-state index contributed by atoms with van der Waals surface area (Å²) in [6.45, 7) is 3.01. The van der Waals surface area contributed by atoms with Gasteiger partial charge in [0.15, 0.2) is 6.29 Å². The first-order valence-corrected chi connectivity index (χ1v) is 5.72. The Bertz CT molecular complexity index is 340. The average molecular weight is 301 g/mol. The van der Waals surface area contributed by atoms with Gasteiger partial charge in [0.1, 0.15) is 3.55 Å². The van der Waals surface area contributed by atoms with Crippen molar-refractivity contribution < 1.29 is 4.79 Å². The molecule has 0 aromatic heterocycles. The summed E-state index contributed by atoms with van der Waals surface area (Å²) >= 11 is 2.21. The maximum atomic E-state index is 10.8.